The van der Waals surface area contributed by atoms with Crippen molar-refractivity contribution in [2.75, 3.05) is 59.7 Å². The van der Waals surface area contributed by atoms with Gasteiger partial charge in [-0.05, 0) is 49.8 Å². The molecule has 1 aliphatic rings. The zero-order valence-electron chi connectivity index (χ0n) is 33.6. The molecule has 5 amide bonds. The molecule has 0 aliphatic carbocycles. The molecule has 22 heteroatoms. The van der Waals surface area contributed by atoms with Gasteiger partial charge in [0, 0.05) is 24.8 Å². The molecule has 0 spiro atoms. The van der Waals surface area contributed by atoms with Crippen LogP contribution >= 0.6 is 0 Å². The number of hydrogen-bond acceptors (Lipinski definition) is 15. The van der Waals surface area contributed by atoms with Crippen molar-refractivity contribution in [1.29, 1.82) is 0 Å². The van der Waals surface area contributed by atoms with Gasteiger partial charge in [-0.1, -0.05) is 32.9 Å². The molecule has 21 nitrogen and oxygen atoms in total. The summed E-state index contributed by atoms with van der Waals surface area (Å²) < 4.78 is 42.3. The van der Waals surface area contributed by atoms with Crippen LogP contribution in [0.25, 0.3) is 0 Å². The van der Waals surface area contributed by atoms with E-state index in [2.05, 4.69) is 42.0 Å². The van der Waals surface area contributed by atoms with Crippen LogP contribution in [0.2, 0.25) is 0 Å². The summed E-state index contributed by atoms with van der Waals surface area (Å²) in [5.74, 6) is -4.46. The van der Waals surface area contributed by atoms with E-state index in [1.54, 1.807) is 13.8 Å². The van der Waals surface area contributed by atoms with Gasteiger partial charge in [-0.3, -0.25) is 42.9 Å². The number of aliphatic hydroxyl groups is 1. The Morgan fingerprint density at radius 3 is 2.16 bits per heavy atom. The standard InChI is InChI=1S/C36H55N9O12S/c1-22(2)13-26(41-31(47)19-39-35(51)27(14-23(3)4)42-30(46)18-37-32(48)20-45-9-11-56-12-10-45)33(49)36(5,52)21-57-58(53,54)29-15-24(7-8-28(29)55-6)34(50)38-16-25-17-40-44-43-25/h7-8,15,17,22-23,26-27,52H,9-14,16,18-21H2,1-6H3,(H,37,48)(H,38,50)(H,39,51)(H,41,47)(H,42,46)(H,40,43,44)/t26-,27-,36?/m0/s1. The van der Waals surface area contributed by atoms with Crippen LogP contribution in [0.3, 0.4) is 0 Å². The number of Topliss-reactive ketones (excluding diaryl/α,β-unsaturated/α-hetero) is 1. The third kappa shape index (κ3) is 15.4. The third-order valence-corrected chi connectivity index (χ3v) is 9.96. The Kier molecular flexibility index (Phi) is 18.1. The summed E-state index contributed by atoms with van der Waals surface area (Å²) in [6.07, 6.45) is 1.71. The average Bonchev–Trinajstić information content (AvgIpc) is 3.70. The minimum Gasteiger partial charge on any atom is -0.495 e. The Morgan fingerprint density at radius 1 is 0.931 bits per heavy atom. The second-order valence-electron chi connectivity index (χ2n) is 14.7. The van der Waals surface area contributed by atoms with E-state index in [4.69, 9.17) is 13.7 Å². The van der Waals surface area contributed by atoms with Gasteiger partial charge >= 0.3 is 10.1 Å². The maximum absolute atomic E-state index is 13.6. The molecule has 2 aromatic rings. The number of aromatic nitrogens is 3. The minimum absolute atomic E-state index is 0.000836. The molecule has 0 radical (unpaired) electrons. The number of benzene rings is 1. The van der Waals surface area contributed by atoms with Crippen molar-refractivity contribution in [2.45, 2.75) is 76.6 Å². The monoisotopic (exact) mass is 837 g/mol. The highest BCUT2D eigenvalue weighted by atomic mass is 32.2. The van der Waals surface area contributed by atoms with Crippen LogP contribution < -0.4 is 31.3 Å². The molecule has 322 valence electrons. The predicted octanol–water partition coefficient (Wildman–Crippen LogP) is -1.60. The number of rotatable bonds is 23. The molecule has 0 saturated carbocycles. The zero-order valence-corrected chi connectivity index (χ0v) is 34.4. The first-order valence-corrected chi connectivity index (χ1v) is 20.1. The van der Waals surface area contributed by atoms with Gasteiger partial charge in [0.15, 0.2) is 5.78 Å². The number of ketones is 1. The number of carbonyl (C=O) groups excluding carboxylic acids is 6. The summed E-state index contributed by atoms with van der Waals surface area (Å²) in [4.78, 5) is 78.9. The van der Waals surface area contributed by atoms with Crippen LogP contribution in [0.5, 0.6) is 5.75 Å². The summed E-state index contributed by atoms with van der Waals surface area (Å²) in [5, 5.41) is 33.6. The number of carbonyl (C=O) groups is 6. The molecule has 3 rings (SSSR count). The highest BCUT2D eigenvalue weighted by Gasteiger charge is 2.39. The fourth-order valence-electron chi connectivity index (χ4n) is 5.68. The molecule has 7 N–H and O–H groups in total. The Balaban J connectivity index is 1.60. The number of H-pyrrole nitrogens is 1. The van der Waals surface area contributed by atoms with Gasteiger partial charge < -0.3 is 41.2 Å². The van der Waals surface area contributed by atoms with Crippen molar-refractivity contribution in [3.05, 3.63) is 35.7 Å². The molecular weight excluding hydrogens is 783 g/mol. The van der Waals surface area contributed by atoms with Crippen molar-refractivity contribution in [3.63, 3.8) is 0 Å². The quantitative estimate of drug-likeness (QED) is 0.0621. The number of aromatic amines is 1. The summed E-state index contributed by atoms with van der Waals surface area (Å²) in [6.45, 7) is 8.51. The molecule has 1 saturated heterocycles. The Morgan fingerprint density at radius 2 is 1.55 bits per heavy atom. The number of hydrogen-bond donors (Lipinski definition) is 7. The Hall–Kier alpha value is -5.03. The van der Waals surface area contributed by atoms with E-state index >= 15 is 0 Å². The van der Waals surface area contributed by atoms with Crippen molar-refractivity contribution >= 4 is 45.4 Å². The number of amides is 5. The van der Waals surface area contributed by atoms with Crippen LogP contribution in [0.15, 0.2) is 29.3 Å². The molecule has 2 heterocycles. The smallest absolute Gasteiger partial charge is 0.300 e. The second-order valence-corrected chi connectivity index (χ2v) is 16.3. The maximum Gasteiger partial charge on any atom is 0.300 e. The van der Waals surface area contributed by atoms with E-state index in [0.717, 1.165) is 13.0 Å². The predicted molar refractivity (Wildman–Crippen MR) is 205 cm³/mol. The lowest BCUT2D eigenvalue weighted by atomic mass is 9.90. The van der Waals surface area contributed by atoms with E-state index in [1.165, 1.54) is 25.4 Å². The van der Waals surface area contributed by atoms with Gasteiger partial charge in [0.1, 0.15) is 34.6 Å². The first-order valence-electron chi connectivity index (χ1n) is 18.7. The summed E-state index contributed by atoms with van der Waals surface area (Å²) in [5.41, 5.74) is -2.09. The maximum atomic E-state index is 13.6. The Bertz CT molecular complexity index is 1830. The lowest BCUT2D eigenvalue weighted by Crippen LogP contribution is -2.55. The summed E-state index contributed by atoms with van der Waals surface area (Å²) in [7, 11) is -3.54. The van der Waals surface area contributed by atoms with E-state index in [9.17, 15) is 42.3 Å². The van der Waals surface area contributed by atoms with Crippen LogP contribution in [0, 0.1) is 11.8 Å². The largest absolute Gasteiger partial charge is 0.495 e. The van der Waals surface area contributed by atoms with Gasteiger partial charge in [-0.25, -0.2) is 0 Å². The Labute approximate surface area is 337 Å². The minimum atomic E-state index is -4.75. The van der Waals surface area contributed by atoms with Crippen molar-refractivity contribution in [2.24, 2.45) is 11.8 Å². The highest BCUT2D eigenvalue weighted by Crippen LogP contribution is 2.28. The first kappa shape index (κ1) is 47.3. The number of methoxy groups -OCH3 is 1. The normalized spacial score (nSPS) is 15.5. The van der Waals surface area contributed by atoms with Gasteiger partial charge in [0.2, 0.25) is 23.6 Å². The van der Waals surface area contributed by atoms with Crippen molar-refractivity contribution in [3.8, 4) is 5.75 Å². The van der Waals surface area contributed by atoms with E-state index < -0.39 is 75.3 Å². The second kappa shape index (κ2) is 22.2. The number of nitrogens with one attached hydrogen (secondary N) is 6. The number of morpholine rings is 1. The van der Waals surface area contributed by atoms with E-state index in [0.29, 0.717) is 32.0 Å². The molecule has 1 aromatic heterocycles. The molecule has 1 fully saturated rings. The summed E-state index contributed by atoms with van der Waals surface area (Å²) >= 11 is 0. The van der Waals surface area contributed by atoms with Crippen molar-refractivity contribution in [1.82, 2.24) is 46.9 Å². The first-order chi connectivity index (χ1) is 27.3. The third-order valence-electron chi connectivity index (χ3n) is 8.68. The highest BCUT2D eigenvalue weighted by molar-refractivity contribution is 7.86. The molecular formula is C36H55N9O12S. The van der Waals surface area contributed by atoms with Crippen LogP contribution in [0.1, 0.15) is 63.5 Å². The van der Waals surface area contributed by atoms with Gasteiger partial charge in [-0.2, -0.15) is 8.42 Å². The lowest BCUT2D eigenvalue weighted by Gasteiger charge is -2.28. The molecule has 0 bridgehead atoms. The molecule has 3 atom stereocenters. The molecule has 1 aliphatic heterocycles. The topological polar surface area (TPSA) is 289 Å². The fraction of sp³-hybridized carbons (Fsp3) is 0.611. The average molecular weight is 838 g/mol. The lowest BCUT2D eigenvalue weighted by molar-refractivity contribution is -0.143. The number of ether oxygens (including phenoxy) is 2. The molecule has 1 aromatic carbocycles. The molecule has 58 heavy (non-hydrogen) atoms. The van der Waals surface area contributed by atoms with E-state index in [-0.39, 0.29) is 61.5 Å². The SMILES string of the molecule is COc1ccc(C(=O)NCc2c[nH]nn2)cc1S(=O)(=O)OCC(C)(O)C(=O)[C@H](CC(C)C)NC(=O)CNC(=O)[C@H](CC(C)C)NC(=O)CNC(=O)CN1CCOCC1. The fourth-order valence-corrected chi connectivity index (χ4v) is 6.87. The van der Waals surface area contributed by atoms with Gasteiger partial charge in [0.25, 0.3) is 5.91 Å². The van der Waals surface area contributed by atoms with Gasteiger partial charge in [-0.15, -0.1) is 5.10 Å². The van der Waals surface area contributed by atoms with Crippen LogP contribution in [0.4, 0.5) is 0 Å². The zero-order chi connectivity index (χ0) is 43.0. The van der Waals surface area contributed by atoms with Crippen LogP contribution in [-0.2, 0) is 49.6 Å². The van der Waals surface area contributed by atoms with E-state index in [1.807, 2.05) is 18.7 Å². The van der Waals surface area contributed by atoms with Crippen molar-refractivity contribution < 1.29 is 55.9 Å². The summed E-state index contributed by atoms with van der Waals surface area (Å²) in [6, 6.07) is 1.21. The van der Waals surface area contributed by atoms with Crippen LogP contribution in [-0.4, -0.2) is 146 Å². The number of nitrogens with zero attached hydrogens (tertiary/aromatic N) is 3. The molecule has 1 unspecified atom stereocenters. The van der Waals surface area contributed by atoms with Gasteiger partial charge in [0.05, 0.1) is 52.5 Å².